The quantitative estimate of drug-likeness (QED) is 0.169. The maximum atomic E-state index is 12.2. The fraction of sp³-hybridized carbons (Fsp3) is 0.786. The standard InChI is InChI=1S/C14H24N2O11S/c15-5(3-28-4-18)12(23)16-9-11(22)10(21)7(2-17)27-14(9)26-6(13(24)25)1-8(19)20/h5-7,9-11,14,17-18,21-22H,1-4,15H2,(H,16,23)(H,19,20)(H,24,25)/p-1/t5-,6-,7+,9+,10+,11+,14-/m0/s1. The zero-order valence-corrected chi connectivity index (χ0v) is 15.4. The third kappa shape index (κ3) is 6.82. The van der Waals surface area contributed by atoms with Gasteiger partial charge in [0.05, 0.1) is 24.3 Å². The summed E-state index contributed by atoms with van der Waals surface area (Å²) in [6.07, 6.45) is -9.68. The fourth-order valence-electron chi connectivity index (χ4n) is 2.40. The second-order valence-corrected chi connectivity index (χ2v) is 6.96. The molecule has 1 saturated heterocycles. The molecule has 14 heteroatoms. The fourth-order valence-corrected chi connectivity index (χ4v) is 2.95. The van der Waals surface area contributed by atoms with E-state index in [1.807, 2.05) is 0 Å². The molecule has 0 aromatic rings. The van der Waals surface area contributed by atoms with Crippen molar-refractivity contribution in [3.05, 3.63) is 0 Å². The van der Waals surface area contributed by atoms with Gasteiger partial charge in [0.2, 0.25) is 0 Å². The molecule has 1 fully saturated rings. The molecule has 162 valence electrons. The molecular formula is C14H23N2O11S-. The monoisotopic (exact) mass is 427 g/mol. The van der Waals surface area contributed by atoms with Gasteiger partial charge in [0.25, 0.3) is 5.91 Å². The van der Waals surface area contributed by atoms with Crippen LogP contribution in [0.3, 0.4) is 0 Å². The number of rotatable bonds is 11. The van der Waals surface area contributed by atoms with Crippen molar-refractivity contribution < 1.29 is 60.2 Å². The Morgan fingerprint density at radius 1 is 1.21 bits per heavy atom. The zero-order valence-electron chi connectivity index (χ0n) is 14.6. The van der Waals surface area contributed by atoms with Crippen LogP contribution in [-0.4, -0.2) is 99.4 Å². The molecular weight excluding hydrogens is 404 g/mol. The summed E-state index contributed by atoms with van der Waals surface area (Å²) < 4.78 is 10.2. The van der Waals surface area contributed by atoms with Gasteiger partial charge in [-0.05, 0) is 0 Å². The lowest BCUT2D eigenvalue weighted by atomic mass is 9.96. The second kappa shape index (κ2) is 11.5. The summed E-state index contributed by atoms with van der Waals surface area (Å²) in [6.45, 7) is -0.777. The van der Waals surface area contributed by atoms with Crippen LogP contribution in [0.15, 0.2) is 0 Å². The van der Waals surface area contributed by atoms with Crippen LogP contribution in [0, 0.1) is 0 Å². The Morgan fingerprint density at radius 2 is 1.86 bits per heavy atom. The summed E-state index contributed by atoms with van der Waals surface area (Å²) in [7, 11) is 0. The first-order chi connectivity index (χ1) is 13.1. The van der Waals surface area contributed by atoms with Gasteiger partial charge >= 0.3 is 0 Å². The first-order valence-corrected chi connectivity index (χ1v) is 9.28. The van der Waals surface area contributed by atoms with Crippen molar-refractivity contribution in [2.75, 3.05) is 18.3 Å². The minimum Gasteiger partial charge on any atom is -0.550 e. The van der Waals surface area contributed by atoms with E-state index in [1.54, 1.807) is 0 Å². The van der Waals surface area contributed by atoms with Gasteiger partial charge in [-0.1, -0.05) is 0 Å². The number of hydrogen-bond acceptors (Lipinski definition) is 12. The highest BCUT2D eigenvalue weighted by Gasteiger charge is 2.47. The van der Waals surface area contributed by atoms with Crippen LogP contribution in [0.4, 0.5) is 0 Å². The van der Waals surface area contributed by atoms with E-state index < -0.39 is 73.7 Å². The summed E-state index contributed by atoms with van der Waals surface area (Å²) in [4.78, 5) is 34.0. The molecule has 28 heavy (non-hydrogen) atoms. The summed E-state index contributed by atoms with van der Waals surface area (Å²) in [5.41, 5.74) is 3.57. The Bertz CT molecular complexity index is 551. The number of nitrogens with one attached hydrogen (secondary N) is 1. The van der Waals surface area contributed by atoms with E-state index in [0.29, 0.717) is 0 Å². The smallest absolute Gasteiger partial charge is 0.279 e. The lowest BCUT2D eigenvalue weighted by Crippen LogP contribution is -2.73. The Labute approximate surface area is 163 Å². The molecule has 0 radical (unpaired) electrons. The minimum atomic E-state index is -2.04. The molecule has 0 aliphatic carbocycles. The maximum absolute atomic E-state index is 12.2. The number of carbonyl (C=O) groups excluding carboxylic acids is 3. The number of thioether (sulfide) groups is 1. The van der Waals surface area contributed by atoms with Crippen molar-refractivity contribution in [3.8, 4) is 0 Å². The Hall–Kier alpha value is -1.52. The average Bonchev–Trinajstić information content (AvgIpc) is 2.63. The van der Waals surface area contributed by atoms with Crippen molar-refractivity contribution in [3.63, 3.8) is 0 Å². The van der Waals surface area contributed by atoms with Gasteiger partial charge in [-0.3, -0.25) is 4.79 Å². The number of carboxylic acid groups (broad SMARTS) is 2. The molecule has 0 unspecified atom stereocenters. The third-order valence-electron chi connectivity index (χ3n) is 3.88. The van der Waals surface area contributed by atoms with Crippen LogP contribution in [0.5, 0.6) is 0 Å². The molecule has 1 aliphatic rings. The van der Waals surface area contributed by atoms with Crippen LogP contribution in [0.2, 0.25) is 0 Å². The largest absolute Gasteiger partial charge is 0.550 e. The third-order valence-corrected chi connectivity index (χ3v) is 4.70. The molecule has 13 nitrogen and oxygen atoms in total. The summed E-state index contributed by atoms with van der Waals surface area (Å²) >= 11 is 1.00. The SMILES string of the molecule is [NH3+][C@@H](CSCO)C(=O)N[C@H]1[C@@H](O[C@@H](CC(=O)[O-])C(=O)[O-])O[C@H](CO)[C@@H](O)[C@@H]1O. The highest BCUT2D eigenvalue weighted by atomic mass is 32.2. The van der Waals surface area contributed by atoms with Gasteiger partial charge in [0.1, 0.15) is 30.5 Å². The Balaban J connectivity index is 2.99. The number of quaternary nitrogens is 1. The number of aliphatic carboxylic acids is 2. The normalized spacial score (nSPS) is 29.7. The minimum absolute atomic E-state index is 0.117. The lowest BCUT2D eigenvalue weighted by molar-refractivity contribution is -0.397. The molecule has 8 N–H and O–H groups in total. The summed E-state index contributed by atoms with van der Waals surface area (Å²) in [6, 6.07) is -2.41. The summed E-state index contributed by atoms with van der Waals surface area (Å²) in [5, 5.41) is 62.3. The molecule has 7 atom stereocenters. The number of amides is 1. The van der Waals surface area contributed by atoms with Crippen molar-refractivity contribution in [1.29, 1.82) is 0 Å². The van der Waals surface area contributed by atoms with Crippen LogP contribution in [0.25, 0.3) is 0 Å². The highest BCUT2D eigenvalue weighted by Crippen LogP contribution is 2.24. The van der Waals surface area contributed by atoms with Crippen LogP contribution in [0.1, 0.15) is 6.42 Å². The van der Waals surface area contributed by atoms with E-state index in [-0.39, 0.29) is 11.7 Å². The van der Waals surface area contributed by atoms with Crippen LogP contribution < -0.4 is 21.3 Å². The first kappa shape index (κ1) is 24.5. The number of carbonyl (C=O) groups is 3. The summed E-state index contributed by atoms with van der Waals surface area (Å²) in [5.74, 6) is -4.54. The van der Waals surface area contributed by atoms with E-state index in [9.17, 15) is 39.9 Å². The number of ether oxygens (including phenoxy) is 2. The highest BCUT2D eigenvalue weighted by molar-refractivity contribution is 7.99. The lowest BCUT2D eigenvalue weighted by Gasteiger charge is -2.43. The molecule has 0 spiro atoms. The molecule has 0 bridgehead atoms. The van der Waals surface area contributed by atoms with Crippen LogP contribution in [-0.2, 0) is 23.9 Å². The Morgan fingerprint density at radius 3 is 2.36 bits per heavy atom. The van der Waals surface area contributed by atoms with E-state index in [0.717, 1.165) is 11.8 Å². The zero-order chi connectivity index (χ0) is 21.4. The molecule has 1 amide bonds. The second-order valence-electron chi connectivity index (χ2n) is 5.96. The first-order valence-electron chi connectivity index (χ1n) is 8.13. The molecule has 0 aromatic carbocycles. The Kier molecular flexibility index (Phi) is 10.0. The number of aliphatic hydroxyl groups is 4. The van der Waals surface area contributed by atoms with Gasteiger partial charge in [-0.2, -0.15) is 0 Å². The number of hydrogen-bond donors (Lipinski definition) is 6. The number of carboxylic acids is 2. The molecule has 1 heterocycles. The van der Waals surface area contributed by atoms with Gasteiger partial charge < -0.3 is 60.8 Å². The molecule has 0 aromatic heterocycles. The van der Waals surface area contributed by atoms with E-state index >= 15 is 0 Å². The van der Waals surface area contributed by atoms with Gasteiger partial charge in [-0.15, -0.1) is 11.8 Å². The molecule has 1 rings (SSSR count). The van der Waals surface area contributed by atoms with Crippen molar-refractivity contribution in [2.45, 2.75) is 49.2 Å². The van der Waals surface area contributed by atoms with Crippen molar-refractivity contribution >= 4 is 29.6 Å². The maximum Gasteiger partial charge on any atom is 0.279 e. The van der Waals surface area contributed by atoms with E-state index in [1.165, 1.54) is 0 Å². The van der Waals surface area contributed by atoms with Crippen molar-refractivity contribution in [2.24, 2.45) is 0 Å². The number of aliphatic hydroxyl groups excluding tert-OH is 4. The molecule has 1 aliphatic heterocycles. The van der Waals surface area contributed by atoms with Gasteiger partial charge in [0.15, 0.2) is 12.3 Å². The topological polar surface area (TPSA) is 236 Å². The van der Waals surface area contributed by atoms with Crippen LogP contribution >= 0.6 is 11.8 Å². The van der Waals surface area contributed by atoms with E-state index in [2.05, 4.69) is 11.1 Å². The predicted octanol–water partition coefficient (Wildman–Crippen LogP) is -7.52. The predicted molar refractivity (Wildman–Crippen MR) is 85.4 cm³/mol. The van der Waals surface area contributed by atoms with Crippen molar-refractivity contribution in [1.82, 2.24) is 5.32 Å². The van der Waals surface area contributed by atoms with E-state index in [4.69, 9.17) is 14.6 Å². The molecule has 0 saturated carbocycles. The average molecular weight is 427 g/mol. The van der Waals surface area contributed by atoms with Gasteiger partial charge in [0, 0.05) is 12.4 Å². The van der Waals surface area contributed by atoms with Gasteiger partial charge in [-0.25, -0.2) is 0 Å².